The molecule has 0 aliphatic carbocycles. The Morgan fingerprint density at radius 2 is 2.24 bits per heavy atom. The Kier molecular flexibility index (Phi) is 3.49. The van der Waals surface area contributed by atoms with Crippen LogP contribution in [0.15, 0.2) is 18.2 Å². The summed E-state index contributed by atoms with van der Waals surface area (Å²) in [5.41, 5.74) is -0.0827. The zero-order valence-corrected chi connectivity index (χ0v) is 9.37. The molecule has 17 heavy (non-hydrogen) atoms. The topological polar surface area (TPSA) is 38.3 Å². The second-order valence-electron chi connectivity index (χ2n) is 4.04. The minimum atomic E-state index is -0.822. The van der Waals surface area contributed by atoms with Crippen LogP contribution in [0.1, 0.15) is 16.8 Å². The molecule has 0 aromatic heterocycles. The maximum Gasteiger partial charge on any atom is 0.182 e. The Hall–Kier alpha value is -1.33. The van der Waals surface area contributed by atoms with Crippen molar-refractivity contribution in [3.8, 4) is 0 Å². The number of halogens is 2. The Bertz CT molecular complexity index is 437. The van der Waals surface area contributed by atoms with E-state index in [4.69, 9.17) is 4.74 Å². The number of rotatable bonds is 3. The molecular weight excluding hydrogens is 228 g/mol. The van der Waals surface area contributed by atoms with Crippen LogP contribution in [0.3, 0.4) is 0 Å². The van der Waals surface area contributed by atoms with E-state index in [1.54, 1.807) is 7.11 Å². The molecule has 1 heterocycles. The molecule has 1 fully saturated rings. The quantitative estimate of drug-likeness (QED) is 0.815. The lowest BCUT2D eigenvalue weighted by molar-refractivity contribution is 0.0915. The van der Waals surface area contributed by atoms with Crippen molar-refractivity contribution in [1.82, 2.24) is 5.32 Å². The highest BCUT2D eigenvalue weighted by Crippen LogP contribution is 2.17. The summed E-state index contributed by atoms with van der Waals surface area (Å²) in [7, 11) is 1.57. The summed E-state index contributed by atoms with van der Waals surface area (Å²) in [4.78, 5) is 12.0. The first-order valence-corrected chi connectivity index (χ1v) is 5.37. The van der Waals surface area contributed by atoms with Crippen molar-refractivity contribution in [2.45, 2.75) is 18.6 Å². The average molecular weight is 241 g/mol. The van der Waals surface area contributed by atoms with Crippen LogP contribution in [0.2, 0.25) is 0 Å². The summed E-state index contributed by atoms with van der Waals surface area (Å²) >= 11 is 0. The van der Waals surface area contributed by atoms with Crippen LogP contribution in [0, 0.1) is 11.6 Å². The van der Waals surface area contributed by atoms with Gasteiger partial charge in [-0.1, -0.05) is 0 Å². The van der Waals surface area contributed by atoms with Crippen molar-refractivity contribution in [1.29, 1.82) is 0 Å². The number of hydrogen-bond donors (Lipinski definition) is 1. The first-order valence-electron chi connectivity index (χ1n) is 5.37. The predicted molar refractivity (Wildman–Crippen MR) is 57.9 cm³/mol. The van der Waals surface area contributed by atoms with Gasteiger partial charge in [-0.25, -0.2) is 8.78 Å². The fourth-order valence-electron chi connectivity index (χ4n) is 1.96. The Morgan fingerprint density at radius 1 is 1.47 bits per heavy atom. The Labute approximate surface area is 97.8 Å². The molecule has 1 saturated heterocycles. The van der Waals surface area contributed by atoms with Crippen molar-refractivity contribution >= 4 is 5.78 Å². The Morgan fingerprint density at radius 3 is 2.82 bits per heavy atom. The predicted octanol–water partition coefficient (Wildman–Crippen LogP) is 1.52. The molecule has 1 aromatic rings. The van der Waals surface area contributed by atoms with Gasteiger partial charge in [0.25, 0.3) is 0 Å². The second-order valence-corrected chi connectivity index (χ2v) is 4.04. The van der Waals surface area contributed by atoms with Gasteiger partial charge in [0.1, 0.15) is 11.6 Å². The first kappa shape index (κ1) is 12.1. The number of benzene rings is 1. The van der Waals surface area contributed by atoms with Crippen LogP contribution in [-0.4, -0.2) is 31.6 Å². The van der Waals surface area contributed by atoms with Gasteiger partial charge in [0.15, 0.2) is 5.78 Å². The molecule has 5 heteroatoms. The van der Waals surface area contributed by atoms with E-state index in [9.17, 15) is 13.6 Å². The van der Waals surface area contributed by atoms with E-state index >= 15 is 0 Å². The summed E-state index contributed by atoms with van der Waals surface area (Å²) in [5.74, 6) is -1.87. The number of carbonyl (C=O) groups is 1. The summed E-state index contributed by atoms with van der Waals surface area (Å²) in [6.07, 6.45) is 0.471. The number of nitrogens with one attached hydrogen (secondary N) is 1. The summed E-state index contributed by atoms with van der Waals surface area (Å²) < 4.78 is 31.2. The first-order chi connectivity index (χ1) is 8.11. The lowest BCUT2D eigenvalue weighted by atomic mass is 10.0. The van der Waals surface area contributed by atoms with Crippen molar-refractivity contribution < 1.29 is 18.3 Å². The van der Waals surface area contributed by atoms with E-state index < -0.39 is 17.7 Å². The molecule has 0 amide bonds. The summed E-state index contributed by atoms with van der Waals surface area (Å²) in [6.45, 7) is 0.565. The lowest BCUT2D eigenvalue weighted by Crippen LogP contribution is -2.31. The molecule has 1 aliphatic rings. The van der Waals surface area contributed by atoms with Gasteiger partial charge in [-0.2, -0.15) is 0 Å². The molecule has 2 unspecified atom stereocenters. The van der Waals surface area contributed by atoms with Crippen LogP contribution >= 0.6 is 0 Å². The lowest BCUT2D eigenvalue weighted by Gasteiger charge is -2.10. The fraction of sp³-hybridized carbons (Fsp3) is 0.417. The number of Topliss-reactive ketones (excluding diaryl/α,β-unsaturated/α-hetero) is 1. The molecule has 0 saturated carbocycles. The van der Waals surface area contributed by atoms with E-state index in [-0.39, 0.29) is 17.5 Å². The van der Waals surface area contributed by atoms with Crippen LogP contribution in [-0.2, 0) is 4.74 Å². The van der Waals surface area contributed by atoms with E-state index in [0.29, 0.717) is 13.0 Å². The van der Waals surface area contributed by atoms with Gasteiger partial charge in [-0.3, -0.25) is 4.79 Å². The number of methoxy groups -OCH3 is 1. The van der Waals surface area contributed by atoms with Crippen LogP contribution in [0.5, 0.6) is 0 Å². The van der Waals surface area contributed by atoms with Crippen LogP contribution in [0.25, 0.3) is 0 Å². The number of ketones is 1. The molecule has 1 aliphatic heterocycles. The SMILES string of the molecule is COC1CNC(C(=O)c2ccc(F)cc2F)C1. The third-order valence-electron chi connectivity index (χ3n) is 2.94. The van der Waals surface area contributed by atoms with Gasteiger partial charge < -0.3 is 10.1 Å². The minimum Gasteiger partial charge on any atom is -0.380 e. The fourth-order valence-corrected chi connectivity index (χ4v) is 1.96. The summed E-state index contributed by atoms with van der Waals surface area (Å²) in [5, 5.41) is 2.96. The normalized spacial score (nSPS) is 23.9. The molecule has 3 nitrogen and oxygen atoms in total. The van der Waals surface area contributed by atoms with E-state index in [1.807, 2.05) is 0 Å². The molecule has 1 N–H and O–H groups in total. The molecule has 92 valence electrons. The molecule has 0 bridgehead atoms. The molecule has 2 atom stereocenters. The van der Waals surface area contributed by atoms with Crippen molar-refractivity contribution in [3.05, 3.63) is 35.4 Å². The van der Waals surface area contributed by atoms with Crippen molar-refractivity contribution in [2.75, 3.05) is 13.7 Å². The zero-order chi connectivity index (χ0) is 12.4. The second kappa shape index (κ2) is 4.89. The van der Waals surface area contributed by atoms with E-state index in [0.717, 1.165) is 12.1 Å². The molecule has 1 aromatic carbocycles. The van der Waals surface area contributed by atoms with Crippen molar-refractivity contribution in [2.24, 2.45) is 0 Å². The van der Waals surface area contributed by atoms with Crippen molar-refractivity contribution in [3.63, 3.8) is 0 Å². The van der Waals surface area contributed by atoms with E-state index in [1.165, 1.54) is 6.07 Å². The molecule has 0 radical (unpaired) electrons. The standard InChI is InChI=1S/C12H13F2NO2/c1-17-8-5-11(15-6-8)12(16)9-3-2-7(13)4-10(9)14/h2-4,8,11,15H,5-6H2,1H3. The smallest absolute Gasteiger partial charge is 0.182 e. The number of hydrogen-bond acceptors (Lipinski definition) is 3. The summed E-state index contributed by atoms with van der Waals surface area (Å²) in [6, 6.07) is 2.52. The molecule has 2 rings (SSSR count). The number of ether oxygens (including phenoxy) is 1. The van der Waals surface area contributed by atoms with E-state index in [2.05, 4.69) is 5.32 Å². The van der Waals surface area contributed by atoms with Gasteiger partial charge >= 0.3 is 0 Å². The highest BCUT2D eigenvalue weighted by molar-refractivity contribution is 6.00. The average Bonchev–Trinajstić information content (AvgIpc) is 2.76. The number of carbonyl (C=O) groups excluding carboxylic acids is 1. The molecular formula is C12H13F2NO2. The monoisotopic (exact) mass is 241 g/mol. The van der Waals surface area contributed by atoms with Gasteiger partial charge in [-0.15, -0.1) is 0 Å². The third-order valence-corrected chi connectivity index (χ3v) is 2.94. The zero-order valence-electron chi connectivity index (χ0n) is 9.37. The maximum absolute atomic E-state index is 13.4. The van der Waals surface area contributed by atoms with Gasteiger partial charge in [0.05, 0.1) is 17.7 Å². The van der Waals surface area contributed by atoms with Crippen LogP contribution in [0.4, 0.5) is 8.78 Å². The Balaban J connectivity index is 2.15. The van der Waals surface area contributed by atoms with Gasteiger partial charge in [0.2, 0.25) is 0 Å². The van der Waals surface area contributed by atoms with Gasteiger partial charge in [-0.05, 0) is 18.6 Å². The maximum atomic E-state index is 13.4. The molecule has 0 spiro atoms. The highest BCUT2D eigenvalue weighted by Gasteiger charge is 2.31. The minimum absolute atomic E-state index is 0.0348. The largest absolute Gasteiger partial charge is 0.380 e. The highest BCUT2D eigenvalue weighted by atomic mass is 19.1. The third kappa shape index (κ3) is 2.50. The van der Waals surface area contributed by atoms with Crippen LogP contribution < -0.4 is 5.32 Å². The van der Waals surface area contributed by atoms with Gasteiger partial charge in [0, 0.05) is 19.7 Å².